The van der Waals surface area contributed by atoms with Crippen LogP contribution in [0.15, 0.2) is 29.3 Å². The van der Waals surface area contributed by atoms with Crippen molar-refractivity contribution in [1.29, 1.82) is 0 Å². The van der Waals surface area contributed by atoms with Gasteiger partial charge in [-0.25, -0.2) is 0 Å². The summed E-state index contributed by atoms with van der Waals surface area (Å²) in [5, 5.41) is 6.99. The van der Waals surface area contributed by atoms with E-state index in [0.717, 1.165) is 84.4 Å². The molecule has 0 bridgehead atoms. The molecule has 1 unspecified atom stereocenters. The van der Waals surface area contributed by atoms with Crippen LogP contribution in [-0.4, -0.2) is 65.7 Å². The minimum Gasteiger partial charge on any atom is -0.381 e. The molecule has 1 atom stereocenters. The fraction of sp³-hybridized carbons (Fsp3) is 0.696. The Hall–Kier alpha value is -1.63. The third-order valence-electron chi connectivity index (χ3n) is 6.12. The summed E-state index contributed by atoms with van der Waals surface area (Å²) < 4.78 is 16.8. The van der Waals surface area contributed by atoms with Gasteiger partial charge in [-0.15, -0.1) is 0 Å². The Morgan fingerprint density at radius 1 is 1.17 bits per heavy atom. The van der Waals surface area contributed by atoms with Crippen molar-refractivity contribution in [3.63, 3.8) is 0 Å². The van der Waals surface area contributed by atoms with Gasteiger partial charge in [-0.1, -0.05) is 24.3 Å². The lowest BCUT2D eigenvalue weighted by molar-refractivity contribution is 0.0511. The van der Waals surface area contributed by atoms with Gasteiger partial charge in [0.15, 0.2) is 5.96 Å². The first-order valence-corrected chi connectivity index (χ1v) is 11.0. The molecule has 2 fully saturated rings. The molecular formula is C23H37N3O3. The molecule has 6 heteroatoms. The lowest BCUT2D eigenvalue weighted by atomic mass is 9.72. The smallest absolute Gasteiger partial charge is 0.191 e. The van der Waals surface area contributed by atoms with Crippen molar-refractivity contribution in [1.82, 2.24) is 10.6 Å². The van der Waals surface area contributed by atoms with Crippen LogP contribution in [0.5, 0.6) is 0 Å². The van der Waals surface area contributed by atoms with E-state index in [-0.39, 0.29) is 5.41 Å². The predicted molar refractivity (Wildman–Crippen MR) is 117 cm³/mol. The van der Waals surface area contributed by atoms with Crippen LogP contribution in [0, 0.1) is 12.8 Å². The number of benzene rings is 1. The number of nitrogens with zero attached hydrogens (tertiary/aromatic N) is 1. The highest BCUT2D eigenvalue weighted by Crippen LogP contribution is 2.36. The molecule has 1 aromatic rings. The molecule has 0 spiro atoms. The summed E-state index contributed by atoms with van der Waals surface area (Å²) in [6.45, 7) is 8.85. The molecule has 2 aliphatic heterocycles. The second-order valence-electron chi connectivity index (χ2n) is 8.22. The minimum absolute atomic E-state index is 0.0909. The van der Waals surface area contributed by atoms with Crippen molar-refractivity contribution < 1.29 is 14.2 Å². The molecule has 6 nitrogen and oxygen atoms in total. The van der Waals surface area contributed by atoms with Gasteiger partial charge in [0.1, 0.15) is 0 Å². The Bertz CT molecular complexity index is 638. The number of guanidine groups is 1. The second kappa shape index (κ2) is 11.5. The molecule has 2 aliphatic rings. The van der Waals surface area contributed by atoms with E-state index in [0.29, 0.717) is 5.92 Å². The van der Waals surface area contributed by atoms with Gasteiger partial charge in [0, 0.05) is 57.9 Å². The van der Waals surface area contributed by atoms with Gasteiger partial charge >= 0.3 is 0 Å². The second-order valence-corrected chi connectivity index (χ2v) is 8.22. The van der Waals surface area contributed by atoms with Gasteiger partial charge < -0.3 is 24.8 Å². The summed E-state index contributed by atoms with van der Waals surface area (Å²) in [4.78, 5) is 4.41. The fourth-order valence-electron chi connectivity index (χ4n) is 4.29. The van der Waals surface area contributed by atoms with Gasteiger partial charge in [-0.3, -0.25) is 4.99 Å². The van der Waals surface area contributed by atoms with Crippen LogP contribution in [0.1, 0.15) is 36.8 Å². The molecule has 162 valence electrons. The van der Waals surface area contributed by atoms with Gasteiger partial charge in [-0.2, -0.15) is 0 Å². The van der Waals surface area contributed by atoms with Gasteiger partial charge in [-0.05, 0) is 43.7 Å². The number of ether oxygens (including phenoxy) is 3. The van der Waals surface area contributed by atoms with E-state index in [1.165, 1.54) is 11.1 Å². The summed E-state index contributed by atoms with van der Waals surface area (Å²) >= 11 is 0. The topological polar surface area (TPSA) is 64.1 Å². The quantitative estimate of drug-likeness (QED) is 0.377. The summed E-state index contributed by atoms with van der Waals surface area (Å²) in [6.07, 6.45) is 4.15. The van der Waals surface area contributed by atoms with Crippen LogP contribution < -0.4 is 10.6 Å². The van der Waals surface area contributed by atoms with Crippen LogP contribution in [-0.2, 0) is 19.6 Å². The van der Waals surface area contributed by atoms with E-state index in [2.05, 4.69) is 46.8 Å². The van der Waals surface area contributed by atoms with E-state index in [1.54, 1.807) is 0 Å². The molecule has 29 heavy (non-hydrogen) atoms. The first-order chi connectivity index (χ1) is 14.2. The van der Waals surface area contributed by atoms with Crippen molar-refractivity contribution in [2.45, 2.75) is 38.0 Å². The Morgan fingerprint density at radius 2 is 2.00 bits per heavy atom. The molecule has 2 N–H and O–H groups in total. The number of hydrogen-bond acceptors (Lipinski definition) is 4. The molecule has 0 aromatic heterocycles. The van der Waals surface area contributed by atoms with E-state index < -0.39 is 0 Å². The normalized spacial score (nSPS) is 21.9. The average Bonchev–Trinajstić information content (AvgIpc) is 3.27. The first kappa shape index (κ1) is 22.1. The molecule has 0 saturated carbocycles. The maximum Gasteiger partial charge on any atom is 0.191 e. The standard InChI is InChI=1S/C23H37N3O3/c1-19-6-3-4-7-21(19)23(9-14-27-15-10-23)18-26-22(24-2)25-11-5-12-28-16-20-8-13-29-17-20/h3-4,6-7,20H,5,8-18H2,1-2H3,(H2,24,25,26). The Balaban J connectivity index is 1.43. The highest BCUT2D eigenvalue weighted by atomic mass is 16.5. The van der Waals surface area contributed by atoms with Crippen molar-refractivity contribution in [3.8, 4) is 0 Å². The monoisotopic (exact) mass is 403 g/mol. The van der Waals surface area contributed by atoms with Gasteiger partial charge in [0.25, 0.3) is 0 Å². The van der Waals surface area contributed by atoms with Crippen LogP contribution in [0.4, 0.5) is 0 Å². The van der Waals surface area contributed by atoms with Crippen molar-refractivity contribution in [3.05, 3.63) is 35.4 Å². The summed E-state index contributed by atoms with van der Waals surface area (Å²) in [5.41, 5.74) is 2.87. The summed E-state index contributed by atoms with van der Waals surface area (Å²) in [5.74, 6) is 1.43. The summed E-state index contributed by atoms with van der Waals surface area (Å²) in [7, 11) is 1.83. The zero-order valence-electron chi connectivity index (χ0n) is 18.0. The average molecular weight is 404 g/mol. The van der Waals surface area contributed by atoms with Gasteiger partial charge in [0.05, 0.1) is 13.2 Å². The van der Waals surface area contributed by atoms with Crippen LogP contribution in [0.25, 0.3) is 0 Å². The molecule has 0 radical (unpaired) electrons. The number of hydrogen-bond donors (Lipinski definition) is 2. The van der Waals surface area contributed by atoms with Crippen molar-refractivity contribution in [2.24, 2.45) is 10.9 Å². The fourth-order valence-corrected chi connectivity index (χ4v) is 4.29. The van der Waals surface area contributed by atoms with Crippen LogP contribution >= 0.6 is 0 Å². The van der Waals surface area contributed by atoms with Gasteiger partial charge in [0.2, 0.25) is 0 Å². The first-order valence-electron chi connectivity index (χ1n) is 11.0. The Labute approximate surface area is 175 Å². The minimum atomic E-state index is 0.0909. The predicted octanol–water partition coefficient (Wildman–Crippen LogP) is 2.65. The van der Waals surface area contributed by atoms with E-state index >= 15 is 0 Å². The number of aryl methyl sites for hydroxylation is 1. The molecule has 0 aliphatic carbocycles. The third-order valence-corrected chi connectivity index (χ3v) is 6.12. The lowest BCUT2D eigenvalue weighted by Gasteiger charge is -2.39. The third kappa shape index (κ3) is 6.43. The molecular weight excluding hydrogens is 366 g/mol. The molecule has 0 amide bonds. The Morgan fingerprint density at radius 3 is 2.72 bits per heavy atom. The maximum absolute atomic E-state index is 5.78. The SMILES string of the molecule is CN=C(NCCCOCC1CCOC1)NCC1(c2ccccc2C)CCOCC1. The van der Waals surface area contributed by atoms with Crippen LogP contribution in [0.2, 0.25) is 0 Å². The molecule has 3 rings (SSSR count). The summed E-state index contributed by atoms with van der Waals surface area (Å²) in [6, 6.07) is 8.73. The van der Waals surface area contributed by atoms with E-state index in [4.69, 9.17) is 14.2 Å². The largest absolute Gasteiger partial charge is 0.381 e. The zero-order chi connectivity index (χ0) is 20.4. The Kier molecular flexibility index (Phi) is 8.77. The van der Waals surface area contributed by atoms with E-state index in [9.17, 15) is 0 Å². The highest BCUT2D eigenvalue weighted by molar-refractivity contribution is 5.79. The molecule has 1 aromatic carbocycles. The van der Waals surface area contributed by atoms with Crippen molar-refractivity contribution >= 4 is 5.96 Å². The molecule has 2 heterocycles. The highest BCUT2D eigenvalue weighted by Gasteiger charge is 2.35. The lowest BCUT2D eigenvalue weighted by Crippen LogP contribution is -2.48. The van der Waals surface area contributed by atoms with E-state index in [1.807, 2.05) is 7.05 Å². The van der Waals surface area contributed by atoms with Crippen LogP contribution in [0.3, 0.4) is 0 Å². The zero-order valence-corrected chi connectivity index (χ0v) is 18.0. The molecule has 2 saturated heterocycles. The number of nitrogens with one attached hydrogen (secondary N) is 2. The number of rotatable bonds is 9. The van der Waals surface area contributed by atoms with Crippen molar-refractivity contribution in [2.75, 3.05) is 59.8 Å². The number of aliphatic imine (C=N–C) groups is 1. The maximum atomic E-state index is 5.78.